The first-order chi connectivity index (χ1) is 22.6. The number of anilines is 1. The number of amides is 1. The molecule has 1 spiro atoms. The van der Waals surface area contributed by atoms with E-state index in [1.165, 1.54) is 24.3 Å². The third-order valence-electron chi connectivity index (χ3n) is 10.7. The molecule has 1 atom stereocenters. The molecular formula is C35H40F3N5O4S. The Morgan fingerprint density at radius 2 is 1.69 bits per heavy atom. The van der Waals surface area contributed by atoms with Gasteiger partial charge in [0.05, 0.1) is 22.0 Å². The average Bonchev–Trinajstić information content (AvgIpc) is 3.76. The number of halogens is 3. The van der Waals surface area contributed by atoms with E-state index in [0.29, 0.717) is 24.6 Å². The van der Waals surface area contributed by atoms with Crippen LogP contribution in [0.2, 0.25) is 0 Å². The van der Waals surface area contributed by atoms with Crippen molar-refractivity contribution in [2.75, 3.05) is 24.4 Å². The minimum Gasteiger partial charge on any atom is -0.475 e. The van der Waals surface area contributed by atoms with Gasteiger partial charge >= 0.3 is 6.18 Å². The minimum atomic E-state index is -4.44. The summed E-state index contributed by atoms with van der Waals surface area (Å²) in [5.41, 5.74) is 1.13. The number of ether oxygens (including phenoxy) is 1. The number of nitrogens with one attached hydrogen (secondary N) is 1. The molecule has 2 aliphatic heterocycles. The van der Waals surface area contributed by atoms with Gasteiger partial charge in [0, 0.05) is 42.4 Å². The molecule has 3 heterocycles. The molecule has 256 valence electrons. The fourth-order valence-corrected chi connectivity index (χ4v) is 8.83. The van der Waals surface area contributed by atoms with Gasteiger partial charge in [-0.25, -0.2) is 18.1 Å². The summed E-state index contributed by atoms with van der Waals surface area (Å²) in [6.45, 7) is 9.57. The normalized spacial score (nSPS) is 23.2. The molecule has 1 saturated heterocycles. The van der Waals surface area contributed by atoms with Gasteiger partial charge in [-0.15, -0.1) is 0 Å². The molecule has 3 aromatic rings. The van der Waals surface area contributed by atoms with Gasteiger partial charge in [-0.05, 0) is 94.5 Å². The summed E-state index contributed by atoms with van der Waals surface area (Å²) < 4.78 is 79.4. The van der Waals surface area contributed by atoms with Gasteiger partial charge in [-0.2, -0.15) is 18.2 Å². The van der Waals surface area contributed by atoms with Gasteiger partial charge < -0.3 is 9.64 Å². The highest BCUT2D eigenvalue weighted by molar-refractivity contribution is 7.92. The largest absolute Gasteiger partial charge is 0.475 e. The minimum absolute atomic E-state index is 0.00258. The fourth-order valence-electron chi connectivity index (χ4n) is 7.85. The third kappa shape index (κ3) is 5.82. The number of fused-ring (bicyclic) bond motifs is 4. The van der Waals surface area contributed by atoms with Crippen molar-refractivity contribution in [2.45, 2.75) is 89.0 Å². The molecule has 1 N–H and O–H groups in total. The van der Waals surface area contributed by atoms with Gasteiger partial charge in [0.15, 0.2) is 0 Å². The summed E-state index contributed by atoms with van der Waals surface area (Å²) in [5, 5.41) is 0. The second kappa shape index (κ2) is 11.4. The SMILES string of the molecule is Cc1cccc(C)c1-c1cc2nc(n1)NS(=O)(=O)c1cccc(c1)C(=O)N(C1CC3(C1)CN(C(C)C)C3)[C@H](CC1(C(F)(F)F)CC1)CO2. The summed E-state index contributed by atoms with van der Waals surface area (Å²) in [5.74, 6) is -0.756. The van der Waals surface area contributed by atoms with E-state index in [-0.39, 0.29) is 59.6 Å². The zero-order chi connectivity index (χ0) is 34.2. The molecule has 2 aromatic carbocycles. The van der Waals surface area contributed by atoms with Crippen molar-refractivity contribution in [3.63, 3.8) is 0 Å². The first-order valence-corrected chi connectivity index (χ1v) is 17.9. The number of hydrogen-bond donors (Lipinski definition) is 1. The van der Waals surface area contributed by atoms with E-state index in [1.54, 1.807) is 11.0 Å². The predicted molar refractivity (Wildman–Crippen MR) is 174 cm³/mol. The summed E-state index contributed by atoms with van der Waals surface area (Å²) >= 11 is 0. The number of aromatic nitrogens is 2. The lowest BCUT2D eigenvalue weighted by molar-refractivity contribution is -0.195. The van der Waals surface area contributed by atoms with E-state index >= 15 is 0 Å². The van der Waals surface area contributed by atoms with E-state index in [1.807, 2.05) is 32.0 Å². The Labute approximate surface area is 278 Å². The number of alkyl halides is 3. The Bertz CT molecular complexity index is 1840. The van der Waals surface area contributed by atoms with E-state index in [9.17, 15) is 26.4 Å². The van der Waals surface area contributed by atoms with Gasteiger partial charge in [0.2, 0.25) is 11.8 Å². The molecule has 48 heavy (non-hydrogen) atoms. The van der Waals surface area contributed by atoms with Crippen molar-refractivity contribution >= 4 is 21.9 Å². The molecule has 2 saturated carbocycles. The molecule has 1 amide bonds. The Balaban J connectivity index is 1.33. The van der Waals surface area contributed by atoms with Crippen molar-refractivity contribution in [1.29, 1.82) is 0 Å². The lowest BCUT2D eigenvalue weighted by Crippen LogP contribution is -2.69. The summed E-state index contributed by atoms with van der Waals surface area (Å²) in [7, 11) is -4.27. The summed E-state index contributed by atoms with van der Waals surface area (Å²) in [4.78, 5) is 27.1. The topological polar surface area (TPSA) is 105 Å². The number of sulfonamides is 1. The molecule has 0 unspecified atom stereocenters. The van der Waals surface area contributed by atoms with E-state index in [2.05, 4.69) is 33.4 Å². The van der Waals surface area contributed by atoms with Crippen LogP contribution in [0.15, 0.2) is 53.4 Å². The lowest BCUT2D eigenvalue weighted by Gasteiger charge is -2.63. The van der Waals surface area contributed by atoms with Crippen molar-refractivity contribution in [3.05, 3.63) is 65.2 Å². The number of rotatable bonds is 5. The van der Waals surface area contributed by atoms with Crippen LogP contribution in [0, 0.1) is 24.7 Å². The summed E-state index contributed by atoms with van der Waals surface area (Å²) in [6.07, 6.45) is -3.47. The smallest absolute Gasteiger partial charge is 0.394 e. The molecule has 7 rings (SSSR count). The van der Waals surface area contributed by atoms with Crippen LogP contribution in [0.5, 0.6) is 5.88 Å². The monoisotopic (exact) mass is 683 g/mol. The number of carbonyl (C=O) groups excluding carboxylic acids is 1. The highest BCUT2D eigenvalue weighted by atomic mass is 32.2. The maximum atomic E-state index is 14.5. The van der Waals surface area contributed by atoms with Crippen LogP contribution in [0.4, 0.5) is 19.1 Å². The summed E-state index contributed by atoms with van der Waals surface area (Å²) in [6, 6.07) is 12.0. The molecular weight excluding hydrogens is 643 g/mol. The fraction of sp³-hybridized carbons (Fsp3) is 0.514. The van der Waals surface area contributed by atoms with Crippen molar-refractivity contribution in [1.82, 2.24) is 19.8 Å². The van der Waals surface area contributed by atoms with E-state index in [4.69, 9.17) is 4.74 Å². The Morgan fingerprint density at radius 3 is 2.31 bits per heavy atom. The zero-order valence-corrected chi connectivity index (χ0v) is 28.3. The van der Waals surface area contributed by atoms with E-state index in [0.717, 1.165) is 29.8 Å². The standard InChI is InChI=1S/C35H40F3N5O4S/c1-21(2)42-19-33(20-42)15-25(16-33)43-26(17-34(11-12-34)35(36,37)38)18-47-29-14-28(30-22(3)7-5-8-23(30)4)39-32(40-29)41-48(45,46)27-10-6-9-24(13-27)31(43)44/h5-10,13-14,21,25-26H,11-12,15-20H2,1-4H3,(H,39,40,41)/t26-/m1/s1. The maximum Gasteiger partial charge on any atom is 0.394 e. The van der Waals surface area contributed by atoms with Crippen LogP contribution in [0.3, 0.4) is 0 Å². The Hall–Kier alpha value is -3.71. The number of hydrogen-bond acceptors (Lipinski definition) is 7. The predicted octanol–water partition coefficient (Wildman–Crippen LogP) is 6.37. The Kier molecular flexibility index (Phi) is 7.82. The van der Waals surface area contributed by atoms with Gasteiger partial charge in [-0.1, -0.05) is 24.3 Å². The van der Waals surface area contributed by atoms with Gasteiger partial charge in [0.1, 0.15) is 6.61 Å². The molecule has 3 fully saturated rings. The molecule has 2 aliphatic carbocycles. The molecule has 9 nitrogen and oxygen atoms in total. The molecule has 1 aromatic heterocycles. The molecule has 4 aliphatic rings. The van der Waals surface area contributed by atoms with Crippen LogP contribution in [-0.4, -0.2) is 78.1 Å². The van der Waals surface area contributed by atoms with Crippen LogP contribution in [-0.2, 0) is 10.0 Å². The van der Waals surface area contributed by atoms with Crippen LogP contribution in [0.25, 0.3) is 11.3 Å². The van der Waals surface area contributed by atoms with Gasteiger partial charge in [-0.3, -0.25) is 9.69 Å². The quantitative estimate of drug-likeness (QED) is 0.333. The first kappa shape index (κ1) is 32.8. The Morgan fingerprint density at radius 1 is 1.02 bits per heavy atom. The van der Waals surface area contributed by atoms with Crippen LogP contribution < -0.4 is 9.46 Å². The average molecular weight is 684 g/mol. The maximum absolute atomic E-state index is 14.5. The lowest BCUT2D eigenvalue weighted by atomic mass is 9.59. The molecule has 4 bridgehead atoms. The first-order valence-electron chi connectivity index (χ1n) is 16.4. The second-order valence-electron chi connectivity index (χ2n) is 14.5. The highest BCUT2D eigenvalue weighted by Crippen LogP contribution is 2.61. The second-order valence-corrected chi connectivity index (χ2v) is 16.2. The number of aryl methyl sites for hydroxylation is 2. The number of carbonyl (C=O) groups is 1. The number of likely N-dealkylation sites (tertiary alicyclic amines) is 1. The number of benzene rings is 2. The van der Waals surface area contributed by atoms with Crippen LogP contribution in [0.1, 0.15) is 67.4 Å². The zero-order valence-electron chi connectivity index (χ0n) is 27.5. The van der Waals surface area contributed by atoms with Crippen LogP contribution >= 0.6 is 0 Å². The van der Waals surface area contributed by atoms with Crippen molar-refractivity contribution < 1.29 is 31.1 Å². The highest BCUT2D eigenvalue weighted by Gasteiger charge is 2.65. The number of nitrogens with zero attached hydrogens (tertiary/aromatic N) is 4. The van der Waals surface area contributed by atoms with Crippen molar-refractivity contribution in [2.24, 2.45) is 10.8 Å². The molecule has 0 radical (unpaired) electrons. The third-order valence-corrected chi connectivity index (χ3v) is 12.1. The van der Waals surface area contributed by atoms with Crippen molar-refractivity contribution in [3.8, 4) is 17.1 Å². The molecule has 13 heteroatoms. The van der Waals surface area contributed by atoms with E-state index < -0.39 is 33.6 Å². The van der Waals surface area contributed by atoms with Gasteiger partial charge in [0.25, 0.3) is 15.9 Å².